The summed E-state index contributed by atoms with van der Waals surface area (Å²) in [6.45, 7) is 10.5. The van der Waals surface area contributed by atoms with E-state index in [1.807, 2.05) is 25.7 Å². The summed E-state index contributed by atoms with van der Waals surface area (Å²) in [4.78, 5) is 16.7. The monoisotopic (exact) mass is 338 g/mol. The van der Waals surface area contributed by atoms with Gasteiger partial charge in [0.2, 0.25) is 0 Å². The Kier molecular flexibility index (Phi) is 5.40. The van der Waals surface area contributed by atoms with E-state index >= 15 is 0 Å². The predicted molar refractivity (Wildman–Crippen MR) is 93.8 cm³/mol. The van der Waals surface area contributed by atoms with E-state index in [1.54, 1.807) is 0 Å². The standard InChI is InChI=1S/C19H34N2O3/c1-19(2,3)24-18(23)21-9-5-6-14(11-21)10-20-12-15-7-4-8-16(13-20)17(15)22/h14-17,22H,4-13H2,1-3H3/t14-,15-,16+,17?/m0/s1. The summed E-state index contributed by atoms with van der Waals surface area (Å²) in [6.07, 6.45) is 5.61. The summed E-state index contributed by atoms with van der Waals surface area (Å²) < 4.78 is 5.53. The molecule has 0 spiro atoms. The number of hydrogen-bond donors (Lipinski definition) is 1. The molecule has 3 aliphatic rings. The number of carbonyl (C=O) groups excluding carboxylic acids is 1. The molecular weight excluding hydrogens is 304 g/mol. The molecule has 24 heavy (non-hydrogen) atoms. The maximum absolute atomic E-state index is 12.3. The predicted octanol–water partition coefficient (Wildman–Crippen LogP) is 2.73. The lowest BCUT2D eigenvalue weighted by Gasteiger charge is -2.46. The molecule has 0 aromatic heterocycles. The normalized spacial score (nSPS) is 34.9. The zero-order valence-corrected chi connectivity index (χ0v) is 15.5. The minimum Gasteiger partial charge on any atom is -0.444 e. The van der Waals surface area contributed by atoms with E-state index in [1.165, 1.54) is 25.7 Å². The minimum atomic E-state index is -0.426. The molecule has 3 rings (SSSR count). The van der Waals surface area contributed by atoms with Gasteiger partial charge in [0.1, 0.15) is 5.60 Å². The van der Waals surface area contributed by atoms with Gasteiger partial charge in [-0.3, -0.25) is 0 Å². The number of nitrogens with zero attached hydrogens (tertiary/aromatic N) is 2. The maximum atomic E-state index is 12.3. The van der Waals surface area contributed by atoms with Gasteiger partial charge in [-0.1, -0.05) is 6.42 Å². The third-order valence-corrected chi connectivity index (χ3v) is 5.79. The van der Waals surface area contributed by atoms with Gasteiger partial charge >= 0.3 is 6.09 Å². The third kappa shape index (κ3) is 4.42. The Morgan fingerprint density at radius 2 is 1.75 bits per heavy atom. The quantitative estimate of drug-likeness (QED) is 0.841. The van der Waals surface area contributed by atoms with Crippen LogP contribution in [0.2, 0.25) is 0 Å². The van der Waals surface area contributed by atoms with E-state index in [-0.39, 0.29) is 12.2 Å². The Bertz CT molecular complexity index is 434. The van der Waals surface area contributed by atoms with Gasteiger partial charge in [0, 0.05) is 32.7 Å². The molecule has 3 fully saturated rings. The van der Waals surface area contributed by atoms with Gasteiger partial charge in [0.15, 0.2) is 0 Å². The Morgan fingerprint density at radius 1 is 1.08 bits per heavy atom. The number of amides is 1. The molecule has 0 aromatic rings. The van der Waals surface area contributed by atoms with Crippen molar-refractivity contribution in [2.24, 2.45) is 17.8 Å². The fourth-order valence-corrected chi connectivity index (χ4v) is 4.73. The van der Waals surface area contributed by atoms with E-state index in [2.05, 4.69) is 4.90 Å². The Morgan fingerprint density at radius 3 is 2.38 bits per heavy atom. The van der Waals surface area contributed by atoms with Crippen molar-refractivity contribution in [2.75, 3.05) is 32.7 Å². The lowest BCUT2D eigenvalue weighted by molar-refractivity contribution is -0.0555. The van der Waals surface area contributed by atoms with Gasteiger partial charge in [-0.2, -0.15) is 0 Å². The zero-order valence-electron chi connectivity index (χ0n) is 15.5. The third-order valence-electron chi connectivity index (χ3n) is 5.79. The highest BCUT2D eigenvalue weighted by atomic mass is 16.6. The fraction of sp³-hybridized carbons (Fsp3) is 0.947. The summed E-state index contributed by atoms with van der Waals surface area (Å²) in [6, 6.07) is 0. The highest BCUT2D eigenvalue weighted by molar-refractivity contribution is 5.68. The van der Waals surface area contributed by atoms with Gasteiger partial charge in [-0.05, 0) is 64.2 Å². The molecular formula is C19H34N2O3. The average Bonchev–Trinajstić information content (AvgIpc) is 2.47. The summed E-state index contributed by atoms with van der Waals surface area (Å²) in [7, 11) is 0. The molecule has 2 saturated heterocycles. The Labute approximate surface area is 146 Å². The topological polar surface area (TPSA) is 53.0 Å². The number of rotatable bonds is 2. The molecule has 4 atom stereocenters. The summed E-state index contributed by atoms with van der Waals surface area (Å²) in [5.41, 5.74) is -0.426. The first kappa shape index (κ1) is 18.0. The smallest absolute Gasteiger partial charge is 0.410 e. The molecule has 2 aliphatic heterocycles. The number of carbonyl (C=O) groups is 1. The highest BCUT2D eigenvalue weighted by Crippen LogP contribution is 2.35. The molecule has 5 heteroatoms. The molecule has 2 heterocycles. The number of likely N-dealkylation sites (tertiary alicyclic amines) is 2. The first-order valence-electron chi connectivity index (χ1n) is 9.70. The van der Waals surface area contributed by atoms with Crippen molar-refractivity contribution in [1.29, 1.82) is 0 Å². The van der Waals surface area contributed by atoms with Crippen LogP contribution >= 0.6 is 0 Å². The van der Waals surface area contributed by atoms with Crippen LogP contribution in [-0.2, 0) is 4.74 Å². The van der Waals surface area contributed by atoms with E-state index < -0.39 is 5.60 Å². The molecule has 1 aliphatic carbocycles. The largest absolute Gasteiger partial charge is 0.444 e. The van der Waals surface area contributed by atoms with Crippen LogP contribution in [0.3, 0.4) is 0 Å². The van der Waals surface area contributed by atoms with Crippen molar-refractivity contribution in [1.82, 2.24) is 9.80 Å². The highest BCUT2D eigenvalue weighted by Gasteiger charge is 2.39. The van der Waals surface area contributed by atoms with Gasteiger partial charge in [0.05, 0.1) is 6.10 Å². The van der Waals surface area contributed by atoms with Gasteiger partial charge in [-0.25, -0.2) is 4.79 Å². The average molecular weight is 338 g/mol. The van der Waals surface area contributed by atoms with Gasteiger partial charge in [0.25, 0.3) is 0 Å². The first-order valence-corrected chi connectivity index (χ1v) is 9.70. The zero-order chi connectivity index (χ0) is 17.3. The lowest BCUT2D eigenvalue weighted by atomic mass is 9.75. The van der Waals surface area contributed by atoms with E-state index in [4.69, 9.17) is 4.74 Å². The lowest BCUT2D eigenvalue weighted by Crippen LogP contribution is -2.53. The molecule has 1 saturated carbocycles. The van der Waals surface area contributed by atoms with Crippen molar-refractivity contribution < 1.29 is 14.6 Å². The van der Waals surface area contributed by atoms with Crippen LogP contribution in [-0.4, -0.2) is 65.4 Å². The summed E-state index contributed by atoms with van der Waals surface area (Å²) in [5, 5.41) is 10.3. The molecule has 1 N–H and O–H groups in total. The summed E-state index contributed by atoms with van der Waals surface area (Å²) in [5.74, 6) is 1.45. The minimum absolute atomic E-state index is 0.0837. The summed E-state index contributed by atoms with van der Waals surface area (Å²) >= 11 is 0. The van der Waals surface area contributed by atoms with Crippen molar-refractivity contribution >= 4 is 6.09 Å². The number of aliphatic hydroxyl groups is 1. The van der Waals surface area contributed by atoms with E-state index in [0.717, 1.165) is 39.1 Å². The molecule has 2 bridgehead atoms. The number of hydrogen-bond acceptors (Lipinski definition) is 4. The molecule has 1 amide bonds. The van der Waals surface area contributed by atoms with Crippen LogP contribution in [0, 0.1) is 17.8 Å². The second-order valence-corrected chi connectivity index (χ2v) is 9.09. The van der Waals surface area contributed by atoms with Crippen LogP contribution in [0.5, 0.6) is 0 Å². The van der Waals surface area contributed by atoms with Crippen molar-refractivity contribution in [3.8, 4) is 0 Å². The number of ether oxygens (including phenoxy) is 1. The van der Waals surface area contributed by atoms with Gasteiger partial charge < -0.3 is 19.6 Å². The van der Waals surface area contributed by atoms with E-state index in [9.17, 15) is 9.90 Å². The van der Waals surface area contributed by atoms with Gasteiger partial charge in [-0.15, -0.1) is 0 Å². The van der Waals surface area contributed by atoms with E-state index in [0.29, 0.717) is 17.8 Å². The van der Waals surface area contributed by atoms with Crippen molar-refractivity contribution in [3.63, 3.8) is 0 Å². The van der Waals surface area contributed by atoms with Crippen LogP contribution in [0.15, 0.2) is 0 Å². The van der Waals surface area contributed by atoms with Crippen molar-refractivity contribution in [2.45, 2.75) is 64.6 Å². The van der Waals surface area contributed by atoms with Crippen LogP contribution in [0.1, 0.15) is 52.9 Å². The fourth-order valence-electron chi connectivity index (χ4n) is 4.73. The molecule has 1 unspecified atom stereocenters. The SMILES string of the molecule is CC(C)(C)OC(=O)N1CCC[C@@H](CN2C[C@H]3CCC[C@@H](C2)C3O)C1. The second kappa shape index (κ2) is 7.20. The van der Waals surface area contributed by atoms with Crippen LogP contribution < -0.4 is 0 Å². The second-order valence-electron chi connectivity index (χ2n) is 9.09. The first-order chi connectivity index (χ1) is 11.3. The molecule has 0 radical (unpaired) electrons. The molecule has 5 nitrogen and oxygen atoms in total. The Balaban J connectivity index is 1.51. The molecule has 0 aromatic carbocycles. The number of piperidine rings is 2. The van der Waals surface area contributed by atoms with Crippen molar-refractivity contribution in [3.05, 3.63) is 0 Å². The van der Waals surface area contributed by atoms with Crippen LogP contribution in [0.25, 0.3) is 0 Å². The number of aliphatic hydroxyl groups excluding tert-OH is 1. The number of fused-ring (bicyclic) bond motifs is 2. The Hall–Kier alpha value is -0.810. The maximum Gasteiger partial charge on any atom is 0.410 e. The molecule has 138 valence electrons. The van der Waals surface area contributed by atoms with Crippen LogP contribution in [0.4, 0.5) is 4.79 Å².